The van der Waals surface area contributed by atoms with Crippen molar-refractivity contribution in [3.63, 3.8) is 0 Å². The van der Waals surface area contributed by atoms with Gasteiger partial charge in [0.05, 0.1) is 24.0 Å². The molecule has 0 spiro atoms. The smallest absolute Gasteiger partial charge is 0.258 e. The number of para-hydroxylation sites is 1. The summed E-state index contributed by atoms with van der Waals surface area (Å²) < 4.78 is 0. The zero-order valence-electron chi connectivity index (χ0n) is 11.3. The van der Waals surface area contributed by atoms with Gasteiger partial charge in [-0.05, 0) is 25.0 Å². The van der Waals surface area contributed by atoms with Crippen LogP contribution >= 0.6 is 0 Å². The predicted octanol–water partition coefficient (Wildman–Crippen LogP) is 0.738. The summed E-state index contributed by atoms with van der Waals surface area (Å²) in [6.45, 7) is 5.48. The Kier molecular flexibility index (Phi) is 3.34. The Morgan fingerprint density at radius 2 is 2.26 bits per heavy atom. The van der Waals surface area contributed by atoms with E-state index >= 15 is 0 Å². The largest absolute Gasteiger partial charge is 0.328 e. The van der Waals surface area contributed by atoms with Gasteiger partial charge in [-0.2, -0.15) is 0 Å². The highest BCUT2D eigenvalue weighted by Gasteiger charge is 2.20. The maximum Gasteiger partial charge on any atom is 0.258 e. The summed E-state index contributed by atoms with van der Waals surface area (Å²) in [6.07, 6.45) is 2.60. The Balaban J connectivity index is 1.87. The third-order valence-electron chi connectivity index (χ3n) is 3.94. The molecule has 1 unspecified atom stereocenters. The average molecular weight is 258 g/mol. The van der Waals surface area contributed by atoms with Gasteiger partial charge in [0, 0.05) is 5.92 Å². The van der Waals surface area contributed by atoms with Crippen molar-refractivity contribution in [3.8, 4) is 0 Å². The van der Waals surface area contributed by atoms with Gasteiger partial charge in [-0.3, -0.25) is 4.79 Å². The summed E-state index contributed by atoms with van der Waals surface area (Å²) in [5.74, 6) is 1.59. The first-order valence-corrected chi connectivity index (χ1v) is 7.04. The van der Waals surface area contributed by atoms with Gasteiger partial charge < -0.3 is 9.88 Å². The summed E-state index contributed by atoms with van der Waals surface area (Å²) in [5.41, 5.74) is 0.774. The molecule has 100 valence electrons. The molecule has 1 aromatic heterocycles. The van der Waals surface area contributed by atoms with Gasteiger partial charge in [-0.15, -0.1) is 0 Å². The average Bonchev–Trinajstić information content (AvgIpc) is 2.39. The van der Waals surface area contributed by atoms with E-state index in [0.29, 0.717) is 5.39 Å². The molecule has 2 N–H and O–H groups in total. The summed E-state index contributed by atoms with van der Waals surface area (Å²) in [4.78, 5) is 21.0. The fourth-order valence-electron chi connectivity index (χ4n) is 3.01. The number of rotatable bonds is 2. The number of nitrogens with one attached hydrogen (secondary N) is 2. The van der Waals surface area contributed by atoms with Crippen LogP contribution in [0.4, 0.5) is 0 Å². The van der Waals surface area contributed by atoms with Gasteiger partial charge in [-0.25, -0.2) is 4.98 Å². The van der Waals surface area contributed by atoms with Gasteiger partial charge in [0.25, 0.3) is 5.56 Å². The van der Waals surface area contributed by atoms with Crippen molar-refractivity contribution in [2.45, 2.75) is 26.3 Å². The highest BCUT2D eigenvalue weighted by atomic mass is 16.1. The molecule has 1 fully saturated rings. The predicted molar refractivity (Wildman–Crippen MR) is 75.2 cm³/mol. The van der Waals surface area contributed by atoms with Gasteiger partial charge in [0.1, 0.15) is 6.54 Å². The third kappa shape index (κ3) is 2.68. The Bertz CT molecular complexity index is 635. The molecular formula is C15H20N3O+. The van der Waals surface area contributed by atoms with E-state index in [4.69, 9.17) is 0 Å². The maximum atomic E-state index is 12.0. The van der Waals surface area contributed by atoms with E-state index in [1.54, 1.807) is 0 Å². The van der Waals surface area contributed by atoms with E-state index < -0.39 is 0 Å². The second-order valence-electron chi connectivity index (χ2n) is 5.66. The van der Waals surface area contributed by atoms with Gasteiger partial charge in [0.2, 0.25) is 0 Å². The molecule has 2 aromatic rings. The van der Waals surface area contributed by atoms with Crippen LogP contribution in [-0.4, -0.2) is 23.1 Å². The van der Waals surface area contributed by atoms with E-state index in [-0.39, 0.29) is 5.56 Å². The van der Waals surface area contributed by atoms with Crippen LogP contribution in [0, 0.1) is 5.92 Å². The molecule has 0 saturated carbocycles. The van der Waals surface area contributed by atoms with Crippen LogP contribution < -0.4 is 10.5 Å². The second kappa shape index (κ2) is 5.13. The Hall–Kier alpha value is -1.68. The highest BCUT2D eigenvalue weighted by Crippen LogP contribution is 2.07. The Morgan fingerprint density at radius 1 is 1.42 bits per heavy atom. The first-order valence-electron chi connectivity index (χ1n) is 7.04. The zero-order chi connectivity index (χ0) is 13.2. The number of aromatic amines is 1. The molecule has 0 radical (unpaired) electrons. The minimum atomic E-state index is -0.0231. The van der Waals surface area contributed by atoms with Crippen LogP contribution in [0.2, 0.25) is 0 Å². The summed E-state index contributed by atoms with van der Waals surface area (Å²) in [7, 11) is 0. The lowest BCUT2D eigenvalue weighted by molar-refractivity contribution is -0.922. The van der Waals surface area contributed by atoms with Crippen molar-refractivity contribution < 1.29 is 4.90 Å². The standard InChI is InChI=1S/C15H19N3O/c1-11-5-4-8-18(9-11)10-14-16-13-7-3-2-6-12(13)15(19)17-14/h2-3,6-7,11H,4-5,8-10H2,1H3,(H,16,17,19)/p+1/t11-/m0/s1. The number of nitrogens with zero attached hydrogens (tertiary/aromatic N) is 1. The molecule has 4 nitrogen and oxygen atoms in total. The minimum Gasteiger partial charge on any atom is -0.328 e. The maximum absolute atomic E-state index is 12.0. The van der Waals surface area contributed by atoms with Crippen molar-refractivity contribution >= 4 is 10.9 Å². The van der Waals surface area contributed by atoms with Gasteiger partial charge >= 0.3 is 0 Å². The van der Waals surface area contributed by atoms with Crippen molar-refractivity contribution in [3.05, 3.63) is 40.4 Å². The molecule has 2 heterocycles. The Labute approximate surface area is 112 Å². The molecule has 1 saturated heterocycles. The minimum absolute atomic E-state index is 0.0231. The number of quaternary nitrogens is 1. The van der Waals surface area contributed by atoms with Crippen LogP contribution in [0.5, 0.6) is 0 Å². The lowest BCUT2D eigenvalue weighted by Crippen LogP contribution is -3.12. The number of benzene rings is 1. The highest BCUT2D eigenvalue weighted by molar-refractivity contribution is 5.77. The van der Waals surface area contributed by atoms with Crippen molar-refractivity contribution in [1.82, 2.24) is 9.97 Å². The molecule has 19 heavy (non-hydrogen) atoms. The SMILES string of the molecule is C[C@H]1CCC[NH+](Cc2nc3ccccc3c(=O)[nH]2)C1. The van der Waals surface area contributed by atoms with Crippen LogP contribution in [0.25, 0.3) is 10.9 Å². The van der Waals surface area contributed by atoms with Crippen LogP contribution in [0.1, 0.15) is 25.6 Å². The third-order valence-corrected chi connectivity index (χ3v) is 3.94. The molecule has 2 atom stereocenters. The van der Waals surface area contributed by atoms with E-state index in [9.17, 15) is 4.79 Å². The van der Waals surface area contributed by atoms with Gasteiger partial charge in [0.15, 0.2) is 5.82 Å². The number of aromatic nitrogens is 2. The van der Waals surface area contributed by atoms with E-state index in [1.165, 1.54) is 30.8 Å². The fraction of sp³-hybridized carbons (Fsp3) is 0.467. The molecular weight excluding hydrogens is 238 g/mol. The number of hydrogen-bond donors (Lipinski definition) is 2. The van der Waals surface area contributed by atoms with Crippen molar-refractivity contribution in [1.29, 1.82) is 0 Å². The van der Waals surface area contributed by atoms with Crippen LogP contribution in [0.3, 0.4) is 0 Å². The first-order chi connectivity index (χ1) is 9.22. The van der Waals surface area contributed by atoms with Crippen LogP contribution in [0.15, 0.2) is 29.1 Å². The molecule has 0 bridgehead atoms. The molecule has 4 heteroatoms. The Morgan fingerprint density at radius 3 is 3.11 bits per heavy atom. The van der Waals surface area contributed by atoms with E-state index in [0.717, 1.165) is 23.8 Å². The molecule has 1 aromatic carbocycles. The number of hydrogen-bond acceptors (Lipinski definition) is 2. The van der Waals surface area contributed by atoms with Crippen molar-refractivity contribution in [2.75, 3.05) is 13.1 Å². The first kappa shape index (κ1) is 12.4. The normalized spacial score (nSPS) is 23.6. The lowest BCUT2D eigenvalue weighted by Gasteiger charge is -2.27. The molecule has 0 amide bonds. The van der Waals surface area contributed by atoms with E-state index in [2.05, 4.69) is 16.9 Å². The second-order valence-corrected chi connectivity index (χ2v) is 5.66. The molecule has 3 rings (SSSR count). The van der Waals surface area contributed by atoms with Crippen molar-refractivity contribution in [2.24, 2.45) is 5.92 Å². The summed E-state index contributed by atoms with van der Waals surface area (Å²) in [5, 5.41) is 0.674. The number of H-pyrrole nitrogens is 1. The monoisotopic (exact) mass is 258 g/mol. The summed E-state index contributed by atoms with van der Waals surface area (Å²) >= 11 is 0. The lowest BCUT2D eigenvalue weighted by atomic mass is 10.0. The molecule has 1 aliphatic rings. The molecule has 0 aliphatic carbocycles. The summed E-state index contributed by atoms with van der Waals surface area (Å²) in [6, 6.07) is 7.52. The molecule has 1 aliphatic heterocycles. The van der Waals surface area contributed by atoms with Gasteiger partial charge in [-0.1, -0.05) is 19.1 Å². The number of fused-ring (bicyclic) bond motifs is 1. The quantitative estimate of drug-likeness (QED) is 0.834. The topological polar surface area (TPSA) is 50.2 Å². The fourth-order valence-corrected chi connectivity index (χ4v) is 3.01. The number of likely N-dealkylation sites (tertiary alicyclic amines) is 1. The zero-order valence-corrected chi connectivity index (χ0v) is 11.3. The van der Waals surface area contributed by atoms with E-state index in [1.807, 2.05) is 24.3 Å². The van der Waals surface area contributed by atoms with Crippen LogP contribution in [-0.2, 0) is 6.54 Å². The number of piperidine rings is 1.